The fourth-order valence-corrected chi connectivity index (χ4v) is 1.94. The molecule has 1 aromatic carbocycles. The highest BCUT2D eigenvalue weighted by atomic mass is 35.5. The molecule has 0 aromatic heterocycles. The highest BCUT2D eigenvalue weighted by molar-refractivity contribution is 6.37. The van der Waals surface area contributed by atoms with Crippen LogP contribution in [0.5, 0.6) is 5.75 Å². The molecule has 1 aromatic rings. The van der Waals surface area contributed by atoms with E-state index in [1.165, 1.54) is 12.1 Å². The normalized spacial score (nSPS) is 12.7. The van der Waals surface area contributed by atoms with Gasteiger partial charge in [-0.1, -0.05) is 36.5 Å². The summed E-state index contributed by atoms with van der Waals surface area (Å²) in [5.41, 5.74) is 0.599. The monoisotopic (exact) mass is 277 g/mol. The summed E-state index contributed by atoms with van der Waals surface area (Å²) in [5, 5.41) is 22.7. The third kappa shape index (κ3) is 4.36. The Balaban J connectivity index is 2.60. The number of hydrogen-bond acceptors (Lipinski definition) is 3. The van der Waals surface area contributed by atoms with Gasteiger partial charge in [-0.3, -0.25) is 0 Å². The van der Waals surface area contributed by atoms with Crippen LogP contribution in [0.3, 0.4) is 0 Å². The molecule has 0 spiro atoms. The summed E-state index contributed by atoms with van der Waals surface area (Å²) in [6.45, 7) is 3.42. The van der Waals surface area contributed by atoms with E-state index in [1.54, 1.807) is 0 Å². The first kappa shape index (κ1) is 14.6. The molecule has 0 heterocycles. The van der Waals surface area contributed by atoms with E-state index in [2.05, 4.69) is 12.2 Å². The summed E-state index contributed by atoms with van der Waals surface area (Å²) in [7, 11) is 0. The number of phenols is 1. The summed E-state index contributed by atoms with van der Waals surface area (Å²) in [6, 6.07) is 3.05. The highest BCUT2D eigenvalue weighted by Crippen LogP contribution is 2.34. The van der Waals surface area contributed by atoms with Crippen LogP contribution in [0.25, 0.3) is 0 Å². The Hall–Kier alpha value is -0.480. The van der Waals surface area contributed by atoms with Gasteiger partial charge in [0.05, 0.1) is 16.1 Å². The standard InChI is InChI=1S/C12H17Cl2NO2/c1-2-3-4-15-7-11(16)8-5-9(13)12(17)10(14)6-8/h5-6,11,15-17H,2-4,7H2,1H3. The van der Waals surface area contributed by atoms with Gasteiger partial charge in [0, 0.05) is 6.54 Å². The Bertz CT molecular complexity index is 349. The molecule has 96 valence electrons. The Morgan fingerprint density at radius 1 is 1.29 bits per heavy atom. The minimum Gasteiger partial charge on any atom is -0.505 e. The summed E-state index contributed by atoms with van der Waals surface area (Å²) in [4.78, 5) is 0. The topological polar surface area (TPSA) is 52.5 Å². The average Bonchev–Trinajstić information content (AvgIpc) is 2.30. The van der Waals surface area contributed by atoms with Gasteiger partial charge < -0.3 is 15.5 Å². The molecule has 0 fully saturated rings. The predicted molar refractivity (Wildman–Crippen MR) is 70.9 cm³/mol. The number of unbranched alkanes of at least 4 members (excludes halogenated alkanes) is 1. The van der Waals surface area contributed by atoms with Gasteiger partial charge in [0.2, 0.25) is 0 Å². The molecule has 0 aliphatic carbocycles. The number of aromatic hydroxyl groups is 1. The van der Waals surface area contributed by atoms with Crippen LogP contribution < -0.4 is 5.32 Å². The minimum absolute atomic E-state index is 0.150. The van der Waals surface area contributed by atoms with E-state index in [0.717, 1.165) is 19.4 Å². The van der Waals surface area contributed by atoms with Crippen molar-refractivity contribution in [3.05, 3.63) is 27.7 Å². The van der Waals surface area contributed by atoms with Gasteiger partial charge in [-0.25, -0.2) is 0 Å². The van der Waals surface area contributed by atoms with Crippen molar-refractivity contribution in [2.75, 3.05) is 13.1 Å². The van der Waals surface area contributed by atoms with Gasteiger partial charge in [0.25, 0.3) is 0 Å². The van der Waals surface area contributed by atoms with Crippen molar-refractivity contribution in [2.45, 2.75) is 25.9 Å². The summed E-state index contributed by atoms with van der Waals surface area (Å²) >= 11 is 11.6. The van der Waals surface area contributed by atoms with Gasteiger partial charge in [-0.2, -0.15) is 0 Å². The first-order valence-electron chi connectivity index (χ1n) is 5.63. The van der Waals surface area contributed by atoms with Crippen molar-refractivity contribution in [1.82, 2.24) is 5.32 Å². The number of benzene rings is 1. The second-order valence-corrected chi connectivity index (χ2v) is 4.72. The Morgan fingerprint density at radius 3 is 2.41 bits per heavy atom. The van der Waals surface area contributed by atoms with Crippen molar-refractivity contribution < 1.29 is 10.2 Å². The number of phenolic OH excluding ortho intramolecular Hbond substituents is 1. The van der Waals surface area contributed by atoms with Crippen LogP contribution in [-0.4, -0.2) is 23.3 Å². The molecule has 0 saturated carbocycles. The van der Waals surface area contributed by atoms with E-state index in [-0.39, 0.29) is 15.8 Å². The molecular weight excluding hydrogens is 261 g/mol. The zero-order valence-corrected chi connectivity index (χ0v) is 11.2. The molecule has 1 unspecified atom stereocenters. The van der Waals surface area contributed by atoms with E-state index in [1.807, 2.05) is 0 Å². The summed E-state index contributed by atoms with van der Waals surface area (Å²) in [6.07, 6.45) is 1.51. The highest BCUT2D eigenvalue weighted by Gasteiger charge is 2.12. The SMILES string of the molecule is CCCCNCC(O)c1cc(Cl)c(O)c(Cl)c1. The number of aliphatic hydroxyl groups is 1. The predicted octanol–water partition coefficient (Wildman–Crippen LogP) is 3.12. The maximum Gasteiger partial charge on any atom is 0.152 e. The molecule has 0 saturated heterocycles. The van der Waals surface area contributed by atoms with Crippen molar-refractivity contribution >= 4 is 23.2 Å². The second kappa shape index (κ2) is 7.07. The number of halogens is 2. The molecule has 5 heteroatoms. The molecule has 0 amide bonds. The van der Waals surface area contributed by atoms with E-state index in [0.29, 0.717) is 12.1 Å². The van der Waals surface area contributed by atoms with Gasteiger partial charge >= 0.3 is 0 Å². The number of nitrogens with one attached hydrogen (secondary N) is 1. The van der Waals surface area contributed by atoms with E-state index in [4.69, 9.17) is 23.2 Å². The van der Waals surface area contributed by atoms with Crippen LogP contribution in [0.2, 0.25) is 10.0 Å². The quantitative estimate of drug-likeness (QED) is 0.701. The molecule has 0 aliphatic rings. The van der Waals surface area contributed by atoms with E-state index < -0.39 is 6.10 Å². The maximum absolute atomic E-state index is 9.90. The van der Waals surface area contributed by atoms with Crippen LogP contribution in [0.1, 0.15) is 31.4 Å². The molecule has 0 bridgehead atoms. The number of hydrogen-bond donors (Lipinski definition) is 3. The lowest BCUT2D eigenvalue weighted by Crippen LogP contribution is -2.22. The lowest BCUT2D eigenvalue weighted by Gasteiger charge is -2.13. The molecule has 17 heavy (non-hydrogen) atoms. The molecular formula is C12H17Cl2NO2. The molecule has 1 atom stereocenters. The van der Waals surface area contributed by atoms with Gasteiger partial charge in [0.1, 0.15) is 0 Å². The van der Waals surface area contributed by atoms with Crippen LogP contribution in [0.15, 0.2) is 12.1 Å². The van der Waals surface area contributed by atoms with Gasteiger partial charge in [-0.05, 0) is 30.7 Å². The second-order valence-electron chi connectivity index (χ2n) is 3.91. The Morgan fingerprint density at radius 2 is 1.88 bits per heavy atom. The van der Waals surface area contributed by atoms with Crippen LogP contribution in [0, 0.1) is 0 Å². The van der Waals surface area contributed by atoms with Crippen LogP contribution in [0.4, 0.5) is 0 Å². The molecule has 1 rings (SSSR count). The third-order valence-corrected chi connectivity index (χ3v) is 3.05. The fraction of sp³-hybridized carbons (Fsp3) is 0.500. The zero-order valence-electron chi connectivity index (χ0n) is 9.71. The number of rotatable bonds is 6. The van der Waals surface area contributed by atoms with Crippen molar-refractivity contribution in [3.63, 3.8) is 0 Å². The third-order valence-electron chi connectivity index (χ3n) is 2.47. The van der Waals surface area contributed by atoms with Crippen LogP contribution in [-0.2, 0) is 0 Å². The largest absolute Gasteiger partial charge is 0.505 e. The van der Waals surface area contributed by atoms with Crippen molar-refractivity contribution in [2.24, 2.45) is 0 Å². The Labute approximate surface area is 111 Å². The molecule has 0 aliphatic heterocycles. The van der Waals surface area contributed by atoms with Crippen molar-refractivity contribution in [1.29, 1.82) is 0 Å². The average molecular weight is 278 g/mol. The Kier molecular flexibility index (Phi) is 6.06. The number of aliphatic hydroxyl groups excluding tert-OH is 1. The molecule has 0 radical (unpaired) electrons. The summed E-state index contributed by atoms with van der Waals surface area (Å²) < 4.78 is 0. The van der Waals surface area contributed by atoms with Gasteiger partial charge in [0.15, 0.2) is 5.75 Å². The van der Waals surface area contributed by atoms with E-state index >= 15 is 0 Å². The fourth-order valence-electron chi connectivity index (χ4n) is 1.44. The molecule has 3 N–H and O–H groups in total. The van der Waals surface area contributed by atoms with Gasteiger partial charge in [-0.15, -0.1) is 0 Å². The maximum atomic E-state index is 9.90. The van der Waals surface area contributed by atoms with Crippen molar-refractivity contribution in [3.8, 4) is 5.75 Å². The summed E-state index contributed by atoms with van der Waals surface area (Å²) in [5.74, 6) is -0.150. The minimum atomic E-state index is -0.678. The van der Waals surface area contributed by atoms with Crippen LogP contribution >= 0.6 is 23.2 Å². The lowest BCUT2D eigenvalue weighted by molar-refractivity contribution is 0.174. The molecule has 3 nitrogen and oxygen atoms in total. The lowest BCUT2D eigenvalue weighted by atomic mass is 10.1. The first-order chi connectivity index (χ1) is 8.06. The smallest absolute Gasteiger partial charge is 0.152 e. The first-order valence-corrected chi connectivity index (χ1v) is 6.38. The zero-order chi connectivity index (χ0) is 12.8. The van der Waals surface area contributed by atoms with E-state index in [9.17, 15) is 10.2 Å².